The fourth-order valence-corrected chi connectivity index (χ4v) is 2.58. The summed E-state index contributed by atoms with van der Waals surface area (Å²) in [6, 6.07) is 0. The molecule has 0 bridgehead atoms. The van der Waals surface area contributed by atoms with Crippen molar-refractivity contribution < 1.29 is 0 Å². The number of hydrogen-bond donors (Lipinski definition) is 0. The molecule has 1 rings (SSSR count). The number of hydrogen-bond acceptors (Lipinski definition) is 0. The highest BCUT2D eigenvalue weighted by Gasteiger charge is 2.21. The molecule has 0 spiro atoms. The lowest BCUT2D eigenvalue weighted by Crippen LogP contribution is -2.18. The fraction of sp³-hybridized carbons (Fsp3) is 0.818. The van der Waals surface area contributed by atoms with E-state index in [1.165, 1.54) is 32.1 Å². The fourth-order valence-electron chi connectivity index (χ4n) is 2.20. The molecule has 1 saturated carbocycles. The standard InChI is InChI=1S/C11H19Cl/c1-2-6-11(9-12)10-7-4-3-5-8-10/h2,10-11H,1,3-9H2. The zero-order chi connectivity index (χ0) is 8.81. The first-order chi connectivity index (χ1) is 5.88. The first-order valence-electron chi connectivity index (χ1n) is 5.05. The van der Waals surface area contributed by atoms with Crippen LogP contribution in [-0.4, -0.2) is 5.88 Å². The summed E-state index contributed by atoms with van der Waals surface area (Å²) in [4.78, 5) is 0. The average Bonchev–Trinajstić information content (AvgIpc) is 2.15. The quantitative estimate of drug-likeness (QED) is 0.460. The molecule has 0 saturated heterocycles. The van der Waals surface area contributed by atoms with E-state index in [9.17, 15) is 0 Å². The van der Waals surface area contributed by atoms with Crippen molar-refractivity contribution in [3.8, 4) is 0 Å². The molecule has 0 nitrogen and oxygen atoms in total. The summed E-state index contributed by atoms with van der Waals surface area (Å²) in [5.74, 6) is 2.40. The van der Waals surface area contributed by atoms with E-state index >= 15 is 0 Å². The van der Waals surface area contributed by atoms with Gasteiger partial charge in [-0.1, -0.05) is 38.2 Å². The SMILES string of the molecule is C=CCC(CCl)C1CCCCC1. The van der Waals surface area contributed by atoms with Gasteiger partial charge in [0.2, 0.25) is 0 Å². The van der Waals surface area contributed by atoms with Gasteiger partial charge in [0.1, 0.15) is 0 Å². The van der Waals surface area contributed by atoms with Crippen LogP contribution >= 0.6 is 11.6 Å². The molecule has 0 heterocycles. The van der Waals surface area contributed by atoms with E-state index in [4.69, 9.17) is 11.6 Å². The topological polar surface area (TPSA) is 0 Å². The summed E-state index contributed by atoms with van der Waals surface area (Å²) < 4.78 is 0. The van der Waals surface area contributed by atoms with Gasteiger partial charge in [0, 0.05) is 5.88 Å². The Hall–Kier alpha value is 0.0300. The van der Waals surface area contributed by atoms with E-state index in [0.717, 1.165) is 18.2 Å². The summed E-state index contributed by atoms with van der Waals surface area (Å²) in [6.07, 6.45) is 10.2. The van der Waals surface area contributed by atoms with Crippen molar-refractivity contribution in [1.82, 2.24) is 0 Å². The van der Waals surface area contributed by atoms with Crippen LogP contribution in [0.5, 0.6) is 0 Å². The minimum atomic E-state index is 0.699. The molecule has 0 N–H and O–H groups in total. The molecule has 0 aromatic rings. The van der Waals surface area contributed by atoms with Crippen LogP contribution in [0.2, 0.25) is 0 Å². The molecule has 1 aliphatic carbocycles. The van der Waals surface area contributed by atoms with Crippen LogP contribution in [0, 0.1) is 11.8 Å². The third kappa shape index (κ3) is 2.82. The van der Waals surface area contributed by atoms with Gasteiger partial charge in [-0.25, -0.2) is 0 Å². The predicted molar refractivity (Wildman–Crippen MR) is 55.6 cm³/mol. The van der Waals surface area contributed by atoms with Crippen molar-refractivity contribution in [3.63, 3.8) is 0 Å². The third-order valence-electron chi connectivity index (χ3n) is 2.98. The van der Waals surface area contributed by atoms with E-state index < -0.39 is 0 Å². The highest BCUT2D eigenvalue weighted by molar-refractivity contribution is 6.18. The Kier molecular flexibility index (Phi) is 4.75. The molecule has 0 aliphatic heterocycles. The molecular weight excluding hydrogens is 168 g/mol. The molecule has 12 heavy (non-hydrogen) atoms. The maximum Gasteiger partial charge on any atom is 0.0257 e. The molecule has 70 valence electrons. The lowest BCUT2D eigenvalue weighted by atomic mass is 9.79. The maximum absolute atomic E-state index is 5.93. The predicted octanol–water partition coefficient (Wildman–Crippen LogP) is 4.00. The maximum atomic E-state index is 5.93. The third-order valence-corrected chi connectivity index (χ3v) is 3.38. The van der Waals surface area contributed by atoms with Gasteiger partial charge in [0.15, 0.2) is 0 Å². The largest absolute Gasteiger partial charge is 0.126 e. The molecule has 1 aliphatic rings. The minimum Gasteiger partial charge on any atom is -0.126 e. The van der Waals surface area contributed by atoms with Crippen molar-refractivity contribution in [1.29, 1.82) is 0 Å². The Labute approximate surface area is 81.0 Å². The van der Waals surface area contributed by atoms with Crippen molar-refractivity contribution in [2.75, 3.05) is 5.88 Å². The molecule has 0 radical (unpaired) electrons. The molecule has 1 fully saturated rings. The van der Waals surface area contributed by atoms with Crippen LogP contribution in [0.25, 0.3) is 0 Å². The van der Waals surface area contributed by atoms with E-state index in [1.807, 2.05) is 6.08 Å². The number of alkyl halides is 1. The number of rotatable bonds is 4. The van der Waals surface area contributed by atoms with E-state index in [1.54, 1.807) is 0 Å². The van der Waals surface area contributed by atoms with Crippen molar-refractivity contribution in [2.45, 2.75) is 38.5 Å². The van der Waals surface area contributed by atoms with Crippen LogP contribution in [0.1, 0.15) is 38.5 Å². The lowest BCUT2D eigenvalue weighted by Gasteiger charge is -2.28. The van der Waals surface area contributed by atoms with Gasteiger partial charge < -0.3 is 0 Å². The molecule has 1 atom stereocenters. The Morgan fingerprint density at radius 1 is 1.33 bits per heavy atom. The van der Waals surface area contributed by atoms with Crippen molar-refractivity contribution >= 4 is 11.6 Å². The van der Waals surface area contributed by atoms with Crippen LogP contribution in [0.4, 0.5) is 0 Å². The normalized spacial score (nSPS) is 22.1. The van der Waals surface area contributed by atoms with Crippen LogP contribution in [0.3, 0.4) is 0 Å². The Balaban J connectivity index is 2.34. The highest BCUT2D eigenvalue weighted by atomic mass is 35.5. The highest BCUT2D eigenvalue weighted by Crippen LogP contribution is 2.32. The van der Waals surface area contributed by atoms with Crippen molar-refractivity contribution in [3.05, 3.63) is 12.7 Å². The Morgan fingerprint density at radius 3 is 2.50 bits per heavy atom. The molecule has 1 unspecified atom stereocenters. The van der Waals surface area contributed by atoms with E-state index in [0.29, 0.717) is 5.92 Å². The second-order valence-electron chi connectivity index (χ2n) is 3.84. The monoisotopic (exact) mass is 186 g/mol. The van der Waals surface area contributed by atoms with Crippen LogP contribution in [-0.2, 0) is 0 Å². The van der Waals surface area contributed by atoms with Gasteiger partial charge in [-0.2, -0.15) is 0 Å². The van der Waals surface area contributed by atoms with Gasteiger partial charge in [0.05, 0.1) is 0 Å². The summed E-state index contributed by atoms with van der Waals surface area (Å²) >= 11 is 5.93. The summed E-state index contributed by atoms with van der Waals surface area (Å²) in [6.45, 7) is 3.78. The second kappa shape index (κ2) is 5.64. The van der Waals surface area contributed by atoms with Gasteiger partial charge in [-0.05, 0) is 18.3 Å². The van der Waals surface area contributed by atoms with E-state index in [-0.39, 0.29) is 0 Å². The minimum absolute atomic E-state index is 0.699. The molecule has 0 amide bonds. The summed E-state index contributed by atoms with van der Waals surface area (Å²) in [5.41, 5.74) is 0. The number of halogens is 1. The van der Waals surface area contributed by atoms with E-state index in [2.05, 4.69) is 6.58 Å². The molecule has 0 aromatic carbocycles. The summed E-state index contributed by atoms with van der Waals surface area (Å²) in [7, 11) is 0. The number of allylic oxidation sites excluding steroid dienone is 1. The lowest BCUT2D eigenvalue weighted by molar-refractivity contribution is 0.268. The first-order valence-corrected chi connectivity index (χ1v) is 5.58. The summed E-state index contributed by atoms with van der Waals surface area (Å²) in [5, 5.41) is 0. The van der Waals surface area contributed by atoms with Crippen LogP contribution in [0.15, 0.2) is 12.7 Å². The van der Waals surface area contributed by atoms with Crippen LogP contribution < -0.4 is 0 Å². The zero-order valence-electron chi connectivity index (χ0n) is 7.77. The first kappa shape index (κ1) is 10.1. The average molecular weight is 187 g/mol. The van der Waals surface area contributed by atoms with Gasteiger partial charge in [0.25, 0.3) is 0 Å². The Bertz CT molecular complexity index is 125. The molecule has 0 aromatic heterocycles. The van der Waals surface area contributed by atoms with Gasteiger partial charge >= 0.3 is 0 Å². The van der Waals surface area contributed by atoms with Gasteiger partial charge in [-0.15, -0.1) is 18.2 Å². The van der Waals surface area contributed by atoms with Crippen molar-refractivity contribution in [2.24, 2.45) is 11.8 Å². The smallest absolute Gasteiger partial charge is 0.0257 e. The van der Waals surface area contributed by atoms with Gasteiger partial charge in [-0.3, -0.25) is 0 Å². The second-order valence-corrected chi connectivity index (χ2v) is 4.15. The molecular formula is C11H19Cl. The zero-order valence-corrected chi connectivity index (χ0v) is 8.52. The Morgan fingerprint density at radius 2 is 2.00 bits per heavy atom. The molecule has 1 heteroatoms.